The predicted molar refractivity (Wildman–Crippen MR) is 125 cm³/mol. The first-order valence-corrected chi connectivity index (χ1v) is 10.8. The molecule has 6 nitrogen and oxygen atoms in total. The molecule has 0 saturated heterocycles. The van der Waals surface area contributed by atoms with Crippen LogP contribution in [0.5, 0.6) is 0 Å². The van der Waals surface area contributed by atoms with E-state index < -0.39 is 12.0 Å². The number of para-hydroxylation sites is 1. The van der Waals surface area contributed by atoms with Crippen LogP contribution in [0.2, 0.25) is 0 Å². The second-order valence-electron chi connectivity index (χ2n) is 7.52. The smallest absolute Gasteiger partial charge is 0.326 e. The number of aryl methyl sites for hydroxylation is 1. The van der Waals surface area contributed by atoms with Gasteiger partial charge in [-0.25, -0.2) is 14.8 Å². The molecular formula is C24H20N4O2S. The standard InChI is InChI=1S/C24H20N4O2S/c1-14-6-8-15(9-7-14)18-12-31-23-21(18)22(26-13-27-23)28-20(24(29)30)10-16-11-25-19-5-3-2-4-17(16)19/h2-9,11-13,20,25H,10H2,1H3,(H,29,30)(H,26,27,28). The largest absolute Gasteiger partial charge is 0.480 e. The van der Waals surface area contributed by atoms with E-state index in [0.29, 0.717) is 12.2 Å². The number of H-pyrrole nitrogens is 1. The highest BCUT2D eigenvalue weighted by Gasteiger charge is 2.22. The van der Waals surface area contributed by atoms with Crippen LogP contribution in [0.4, 0.5) is 5.82 Å². The lowest BCUT2D eigenvalue weighted by Gasteiger charge is -2.16. The molecule has 31 heavy (non-hydrogen) atoms. The van der Waals surface area contributed by atoms with E-state index in [2.05, 4.69) is 44.5 Å². The van der Waals surface area contributed by atoms with E-state index in [1.54, 1.807) is 0 Å². The highest BCUT2D eigenvalue weighted by atomic mass is 32.1. The number of thiophene rings is 1. The fourth-order valence-electron chi connectivity index (χ4n) is 3.82. The van der Waals surface area contributed by atoms with E-state index in [9.17, 15) is 9.90 Å². The Labute approximate surface area is 182 Å². The van der Waals surface area contributed by atoms with Gasteiger partial charge in [0, 0.05) is 34.5 Å². The molecule has 0 saturated carbocycles. The van der Waals surface area contributed by atoms with Gasteiger partial charge in [0.1, 0.15) is 23.0 Å². The molecule has 0 bridgehead atoms. The van der Waals surface area contributed by atoms with Crippen LogP contribution in [0, 0.1) is 6.92 Å². The quantitative estimate of drug-likeness (QED) is 0.343. The summed E-state index contributed by atoms with van der Waals surface area (Å²) in [6.07, 6.45) is 3.68. The van der Waals surface area contributed by atoms with E-state index in [-0.39, 0.29) is 0 Å². The summed E-state index contributed by atoms with van der Waals surface area (Å²) in [5, 5.41) is 17.0. The first-order valence-electron chi connectivity index (χ1n) is 9.94. The third-order valence-corrected chi connectivity index (χ3v) is 6.33. The number of hydrogen-bond donors (Lipinski definition) is 3. The Morgan fingerprint density at radius 3 is 2.77 bits per heavy atom. The van der Waals surface area contributed by atoms with Gasteiger partial charge in [-0.1, -0.05) is 48.0 Å². The normalized spacial score (nSPS) is 12.3. The third kappa shape index (κ3) is 3.64. The zero-order valence-electron chi connectivity index (χ0n) is 16.8. The van der Waals surface area contributed by atoms with Crippen LogP contribution in [-0.2, 0) is 11.2 Å². The second-order valence-corrected chi connectivity index (χ2v) is 8.37. The Balaban J connectivity index is 1.52. The Bertz CT molecular complexity index is 1390. The molecule has 3 heterocycles. The molecule has 5 aromatic rings. The Morgan fingerprint density at radius 1 is 1.16 bits per heavy atom. The highest BCUT2D eigenvalue weighted by molar-refractivity contribution is 7.17. The molecule has 1 unspecified atom stereocenters. The van der Waals surface area contributed by atoms with Gasteiger partial charge in [-0.15, -0.1) is 11.3 Å². The van der Waals surface area contributed by atoms with Crippen molar-refractivity contribution in [2.24, 2.45) is 0 Å². The number of nitrogens with zero attached hydrogens (tertiary/aromatic N) is 2. The van der Waals surface area contributed by atoms with Crippen LogP contribution >= 0.6 is 11.3 Å². The molecule has 0 amide bonds. The number of rotatable bonds is 6. The summed E-state index contributed by atoms with van der Waals surface area (Å²) in [6.45, 7) is 2.05. The minimum atomic E-state index is -0.927. The van der Waals surface area contributed by atoms with Crippen molar-refractivity contribution in [3.63, 3.8) is 0 Å². The number of carbonyl (C=O) groups is 1. The lowest BCUT2D eigenvalue weighted by atomic mass is 10.0. The minimum Gasteiger partial charge on any atom is -0.480 e. The van der Waals surface area contributed by atoms with Gasteiger partial charge in [0.25, 0.3) is 0 Å². The fraction of sp³-hybridized carbons (Fsp3) is 0.125. The second kappa shape index (κ2) is 7.85. The lowest BCUT2D eigenvalue weighted by Crippen LogP contribution is -2.32. The Morgan fingerprint density at radius 2 is 1.97 bits per heavy atom. The van der Waals surface area contributed by atoms with Crippen molar-refractivity contribution in [2.75, 3.05) is 5.32 Å². The number of fused-ring (bicyclic) bond motifs is 2. The predicted octanol–water partition coefficient (Wildman–Crippen LogP) is 5.26. The van der Waals surface area contributed by atoms with Crippen LogP contribution < -0.4 is 5.32 Å². The van der Waals surface area contributed by atoms with Crippen molar-refractivity contribution in [1.82, 2.24) is 15.0 Å². The Hall–Kier alpha value is -3.71. The topological polar surface area (TPSA) is 90.9 Å². The molecule has 0 aliphatic heterocycles. The number of aromatic amines is 1. The summed E-state index contributed by atoms with van der Waals surface area (Å²) in [5.41, 5.74) is 5.18. The summed E-state index contributed by atoms with van der Waals surface area (Å²) >= 11 is 1.53. The molecule has 0 spiro atoms. The van der Waals surface area contributed by atoms with Gasteiger partial charge in [0.15, 0.2) is 0 Å². The minimum absolute atomic E-state index is 0.328. The molecule has 0 aliphatic rings. The number of carboxylic acid groups (broad SMARTS) is 1. The van der Waals surface area contributed by atoms with Gasteiger partial charge in [-0.3, -0.25) is 0 Å². The highest BCUT2D eigenvalue weighted by Crippen LogP contribution is 2.37. The number of benzene rings is 2. The van der Waals surface area contributed by atoms with Crippen LogP contribution in [0.25, 0.3) is 32.2 Å². The molecule has 0 fully saturated rings. The van der Waals surface area contributed by atoms with Gasteiger partial charge < -0.3 is 15.4 Å². The molecule has 3 N–H and O–H groups in total. The average Bonchev–Trinajstić information content (AvgIpc) is 3.39. The molecule has 1 atom stereocenters. The van der Waals surface area contributed by atoms with Gasteiger partial charge in [-0.05, 0) is 24.1 Å². The van der Waals surface area contributed by atoms with Crippen LogP contribution in [-0.4, -0.2) is 32.1 Å². The summed E-state index contributed by atoms with van der Waals surface area (Å²) in [5.74, 6) is -0.391. The first kappa shape index (κ1) is 19.3. The van der Waals surface area contributed by atoms with Gasteiger partial charge in [0.05, 0.1) is 5.39 Å². The molecule has 0 aliphatic carbocycles. The van der Waals surface area contributed by atoms with E-state index in [0.717, 1.165) is 37.8 Å². The molecule has 5 rings (SSSR count). The summed E-state index contributed by atoms with van der Waals surface area (Å²) in [7, 11) is 0. The lowest BCUT2D eigenvalue weighted by molar-refractivity contribution is -0.137. The number of hydrogen-bond acceptors (Lipinski definition) is 5. The van der Waals surface area contributed by atoms with Crippen molar-refractivity contribution >= 4 is 44.2 Å². The van der Waals surface area contributed by atoms with Gasteiger partial charge >= 0.3 is 5.97 Å². The van der Waals surface area contributed by atoms with Crippen molar-refractivity contribution in [3.8, 4) is 11.1 Å². The van der Waals surface area contributed by atoms with Crippen LogP contribution in [0.15, 0.2) is 66.4 Å². The van der Waals surface area contributed by atoms with E-state index in [4.69, 9.17) is 0 Å². The van der Waals surface area contributed by atoms with Crippen molar-refractivity contribution in [2.45, 2.75) is 19.4 Å². The van der Waals surface area contributed by atoms with Crippen molar-refractivity contribution in [3.05, 3.63) is 77.6 Å². The van der Waals surface area contributed by atoms with Crippen LogP contribution in [0.1, 0.15) is 11.1 Å². The molecular weight excluding hydrogens is 408 g/mol. The number of aliphatic carboxylic acids is 1. The monoisotopic (exact) mass is 428 g/mol. The first-order chi connectivity index (χ1) is 15.1. The summed E-state index contributed by atoms with van der Waals surface area (Å²) in [4.78, 5) is 25.0. The average molecular weight is 429 g/mol. The van der Waals surface area contributed by atoms with Gasteiger partial charge in [0.2, 0.25) is 0 Å². The number of nitrogens with one attached hydrogen (secondary N) is 2. The zero-order valence-corrected chi connectivity index (χ0v) is 17.6. The summed E-state index contributed by atoms with van der Waals surface area (Å²) < 4.78 is 0. The zero-order chi connectivity index (χ0) is 21.4. The van der Waals surface area contributed by atoms with E-state index >= 15 is 0 Å². The fourth-order valence-corrected chi connectivity index (χ4v) is 4.73. The SMILES string of the molecule is Cc1ccc(-c2csc3ncnc(NC(Cc4c[nH]c5ccccc45)C(=O)O)c23)cc1. The third-order valence-electron chi connectivity index (χ3n) is 5.44. The maximum absolute atomic E-state index is 12.1. The van der Waals surface area contributed by atoms with E-state index in [1.165, 1.54) is 23.2 Å². The summed E-state index contributed by atoms with van der Waals surface area (Å²) in [6, 6.07) is 15.3. The maximum Gasteiger partial charge on any atom is 0.326 e. The Kier molecular flexibility index (Phi) is 4.88. The number of anilines is 1. The molecule has 154 valence electrons. The number of carboxylic acids is 1. The van der Waals surface area contributed by atoms with Crippen LogP contribution in [0.3, 0.4) is 0 Å². The van der Waals surface area contributed by atoms with E-state index in [1.807, 2.05) is 42.8 Å². The van der Waals surface area contributed by atoms with Crippen molar-refractivity contribution < 1.29 is 9.90 Å². The molecule has 7 heteroatoms. The molecule has 2 aromatic carbocycles. The maximum atomic E-state index is 12.1. The molecule has 3 aromatic heterocycles. The van der Waals surface area contributed by atoms with Crippen molar-refractivity contribution in [1.29, 1.82) is 0 Å². The van der Waals surface area contributed by atoms with Gasteiger partial charge in [-0.2, -0.15) is 0 Å². The molecule has 0 radical (unpaired) electrons. The number of aromatic nitrogens is 3.